The third kappa shape index (κ3) is 1.11. The lowest BCUT2D eigenvalue weighted by Crippen LogP contribution is -1.87. The number of rotatable bonds is 0. The van der Waals surface area contributed by atoms with Gasteiger partial charge in [-0.15, -0.1) is 0 Å². The highest BCUT2D eigenvalue weighted by atomic mass is 79.9. The van der Waals surface area contributed by atoms with Crippen LogP contribution in [-0.4, -0.2) is 9.97 Å². The van der Waals surface area contributed by atoms with Gasteiger partial charge in [0.2, 0.25) is 0 Å². The lowest BCUT2D eigenvalue weighted by Gasteiger charge is -1.94. The second kappa shape index (κ2) is 2.82. The Morgan fingerprint density at radius 3 is 3.08 bits per heavy atom. The topological polar surface area (TPSA) is 52.5 Å². The Morgan fingerprint density at radius 1 is 1.62 bits per heavy atom. The molecule has 3 nitrogen and oxygen atoms in total. The fourth-order valence-corrected chi connectivity index (χ4v) is 1.66. The Bertz CT molecular complexity index is 512. The average molecular weight is 240 g/mol. The summed E-state index contributed by atoms with van der Waals surface area (Å²) < 4.78 is 13.8. The lowest BCUT2D eigenvalue weighted by atomic mass is 10.2. The van der Waals surface area contributed by atoms with E-state index in [4.69, 9.17) is 5.26 Å². The van der Waals surface area contributed by atoms with E-state index < -0.39 is 5.82 Å². The summed E-state index contributed by atoms with van der Waals surface area (Å²) >= 11 is 3.17. The van der Waals surface area contributed by atoms with Crippen LogP contribution in [0, 0.1) is 17.1 Å². The molecule has 0 spiro atoms. The van der Waals surface area contributed by atoms with Gasteiger partial charge in [0.25, 0.3) is 0 Å². The van der Waals surface area contributed by atoms with E-state index in [1.807, 2.05) is 6.07 Å². The third-order valence-electron chi connectivity index (χ3n) is 1.72. The smallest absolute Gasteiger partial charge is 0.164 e. The number of H-pyrrole nitrogens is 1. The Kier molecular flexibility index (Phi) is 1.78. The molecule has 2 aromatic rings. The summed E-state index contributed by atoms with van der Waals surface area (Å²) in [6.45, 7) is 0. The van der Waals surface area contributed by atoms with Gasteiger partial charge in [-0.3, -0.25) is 0 Å². The van der Waals surface area contributed by atoms with Gasteiger partial charge in [0.15, 0.2) is 11.5 Å². The predicted molar refractivity (Wildman–Crippen MR) is 48.5 cm³/mol. The van der Waals surface area contributed by atoms with E-state index in [0.717, 1.165) is 6.20 Å². The van der Waals surface area contributed by atoms with Crippen LogP contribution in [0.4, 0.5) is 4.39 Å². The normalized spacial score (nSPS) is 10.2. The molecule has 0 aliphatic rings. The van der Waals surface area contributed by atoms with Crippen molar-refractivity contribution in [2.45, 2.75) is 0 Å². The van der Waals surface area contributed by atoms with Crippen LogP contribution < -0.4 is 0 Å². The van der Waals surface area contributed by atoms with Gasteiger partial charge in [-0.25, -0.2) is 9.37 Å². The Labute approximate surface area is 81.3 Å². The number of hydrogen-bond acceptors (Lipinski definition) is 2. The highest BCUT2D eigenvalue weighted by Gasteiger charge is 2.11. The Hall–Kier alpha value is -1.41. The highest BCUT2D eigenvalue weighted by molar-refractivity contribution is 9.10. The summed E-state index contributed by atoms with van der Waals surface area (Å²) in [4.78, 5) is 6.43. The van der Waals surface area contributed by atoms with Crippen molar-refractivity contribution >= 4 is 26.8 Å². The molecule has 0 saturated heterocycles. The number of fused-ring (bicyclic) bond motifs is 1. The van der Waals surface area contributed by atoms with Crippen molar-refractivity contribution in [3.8, 4) is 6.07 Å². The van der Waals surface area contributed by atoms with Crippen molar-refractivity contribution in [1.82, 2.24) is 9.97 Å². The van der Waals surface area contributed by atoms with Gasteiger partial charge in [0.1, 0.15) is 6.07 Å². The molecule has 2 heterocycles. The summed E-state index contributed by atoms with van der Waals surface area (Å²) in [7, 11) is 0. The van der Waals surface area contributed by atoms with Crippen LogP contribution in [0.3, 0.4) is 0 Å². The maximum absolute atomic E-state index is 13.2. The average Bonchev–Trinajstić information content (AvgIpc) is 2.50. The van der Waals surface area contributed by atoms with Crippen molar-refractivity contribution in [1.29, 1.82) is 5.26 Å². The van der Waals surface area contributed by atoms with Gasteiger partial charge in [0, 0.05) is 10.7 Å². The van der Waals surface area contributed by atoms with E-state index >= 15 is 0 Å². The molecule has 64 valence electrons. The van der Waals surface area contributed by atoms with Crippen LogP contribution in [0.5, 0.6) is 0 Å². The fourth-order valence-electron chi connectivity index (χ4n) is 1.15. The minimum atomic E-state index is -0.442. The number of nitriles is 1. The maximum atomic E-state index is 13.2. The molecule has 0 fully saturated rings. The largest absolute Gasteiger partial charge is 0.358 e. The number of pyridine rings is 1. The van der Waals surface area contributed by atoms with Crippen LogP contribution in [0.1, 0.15) is 5.69 Å². The molecule has 0 bridgehead atoms. The molecule has 2 rings (SSSR count). The zero-order chi connectivity index (χ0) is 9.42. The van der Waals surface area contributed by atoms with Gasteiger partial charge in [-0.05, 0) is 15.9 Å². The van der Waals surface area contributed by atoms with E-state index in [9.17, 15) is 4.39 Å². The summed E-state index contributed by atoms with van der Waals surface area (Å²) in [5.74, 6) is -0.442. The second-order valence-corrected chi connectivity index (χ2v) is 3.31. The van der Waals surface area contributed by atoms with E-state index in [2.05, 4.69) is 25.9 Å². The highest BCUT2D eigenvalue weighted by Crippen LogP contribution is 2.26. The van der Waals surface area contributed by atoms with Gasteiger partial charge >= 0.3 is 0 Å². The zero-order valence-corrected chi connectivity index (χ0v) is 7.89. The van der Waals surface area contributed by atoms with Crippen LogP contribution in [-0.2, 0) is 0 Å². The first kappa shape index (κ1) is 8.20. The Balaban J connectivity index is 2.97. The molecule has 2 aromatic heterocycles. The quantitative estimate of drug-likeness (QED) is 0.768. The van der Waals surface area contributed by atoms with Crippen molar-refractivity contribution in [2.24, 2.45) is 0 Å². The number of nitrogens with zero attached hydrogens (tertiary/aromatic N) is 2. The van der Waals surface area contributed by atoms with E-state index in [0.29, 0.717) is 15.4 Å². The molecule has 1 N–H and O–H groups in total. The molecular formula is C8H3BrFN3. The molecule has 0 aliphatic heterocycles. The molecule has 0 unspecified atom stereocenters. The van der Waals surface area contributed by atoms with Crippen molar-refractivity contribution in [2.75, 3.05) is 0 Å². The minimum Gasteiger partial charge on any atom is -0.358 e. The second-order valence-electron chi connectivity index (χ2n) is 2.45. The maximum Gasteiger partial charge on any atom is 0.164 e. The first-order valence-electron chi connectivity index (χ1n) is 3.45. The number of aromatic nitrogens is 2. The first-order chi connectivity index (χ1) is 6.24. The van der Waals surface area contributed by atoms with E-state index in [1.165, 1.54) is 0 Å². The van der Waals surface area contributed by atoms with Crippen molar-refractivity contribution in [3.63, 3.8) is 0 Å². The molecule has 0 radical (unpaired) electrons. The van der Waals surface area contributed by atoms with Crippen molar-refractivity contribution in [3.05, 3.63) is 28.4 Å². The Morgan fingerprint density at radius 2 is 2.38 bits per heavy atom. The number of nitrogens with one attached hydrogen (secondary N) is 1. The lowest BCUT2D eigenvalue weighted by molar-refractivity contribution is 0.633. The zero-order valence-electron chi connectivity index (χ0n) is 6.31. The summed E-state index contributed by atoms with van der Waals surface area (Å²) in [6, 6.07) is 1.88. The SMILES string of the molecule is N#Cc1ncc(F)c2c(Br)c[nH]c12. The van der Waals surface area contributed by atoms with E-state index in [1.54, 1.807) is 6.20 Å². The molecule has 0 atom stereocenters. The number of halogens is 2. The van der Waals surface area contributed by atoms with Crippen LogP contribution >= 0.6 is 15.9 Å². The summed E-state index contributed by atoms with van der Waals surface area (Å²) in [6.07, 6.45) is 2.62. The molecular weight excluding hydrogens is 237 g/mol. The molecule has 0 saturated carbocycles. The van der Waals surface area contributed by atoms with Crippen LogP contribution in [0.2, 0.25) is 0 Å². The minimum absolute atomic E-state index is 0.196. The first-order valence-corrected chi connectivity index (χ1v) is 4.24. The molecule has 0 aliphatic carbocycles. The third-order valence-corrected chi connectivity index (χ3v) is 2.35. The van der Waals surface area contributed by atoms with Gasteiger partial charge in [-0.1, -0.05) is 0 Å². The molecule has 0 aromatic carbocycles. The van der Waals surface area contributed by atoms with Crippen LogP contribution in [0.15, 0.2) is 16.9 Å². The summed E-state index contributed by atoms with van der Waals surface area (Å²) in [5.41, 5.74) is 0.622. The van der Waals surface area contributed by atoms with Gasteiger partial charge in [-0.2, -0.15) is 5.26 Å². The van der Waals surface area contributed by atoms with Crippen molar-refractivity contribution < 1.29 is 4.39 Å². The van der Waals surface area contributed by atoms with Gasteiger partial charge in [0.05, 0.1) is 17.1 Å². The predicted octanol–water partition coefficient (Wildman–Crippen LogP) is 2.34. The number of hydrogen-bond donors (Lipinski definition) is 1. The number of aromatic amines is 1. The summed E-state index contributed by atoms with van der Waals surface area (Å²) in [5, 5.41) is 9.03. The molecule has 13 heavy (non-hydrogen) atoms. The van der Waals surface area contributed by atoms with Crippen LogP contribution in [0.25, 0.3) is 10.9 Å². The van der Waals surface area contributed by atoms with E-state index in [-0.39, 0.29) is 5.69 Å². The standard InChI is InChI=1S/C8H3BrFN3/c9-4-2-13-8-6(1-11)12-3-5(10)7(4)8/h2-3,13H. The molecule has 5 heteroatoms. The monoisotopic (exact) mass is 239 g/mol. The fraction of sp³-hybridized carbons (Fsp3) is 0. The van der Waals surface area contributed by atoms with Gasteiger partial charge < -0.3 is 4.98 Å². The molecule has 0 amide bonds.